The van der Waals surface area contributed by atoms with E-state index in [1.165, 1.54) is 0 Å². The lowest BCUT2D eigenvalue weighted by molar-refractivity contribution is -0.134. The molecule has 0 bridgehead atoms. The number of nitrogens with zero attached hydrogens (tertiary/aromatic N) is 2. The summed E-state index contributed by atoms with van der Waals surface area (Å²) in [5, 5.41) is 3.93. The molecular formula is C24H29Cl2N3O3. The molecule has 0 aromatic heterocycles. The highest BCUT2D eigenvalue weighted by atomic mass is 35.5. The fraction of sp³-hybridized carbons (Fsp3) is 0.417. The van der Waals surface area contributed by atoms with Gasteiger partial charge >= 0.3 is 0 Å². The third-order valence-corrected chi connectivity index (χ3v) is 5.97. The van der Waals surface area contributed by atoms with Gasteiger partial charge in [-0.2, -0.15) is 0 Å². The number of nitrogens with one attached hydrogen (secondary N) is 1. The van der Waals surface area contributed by atoms with Crippen LogP contribution in [-0.4, -0.2) is 49.5 Å². The van der Waals surface area contributed by atoms with Gasteiger partial charge in [-0.1, -0.05) is 49.2 Å². The lowest BCUT2D eigenvalue weighted by Gasteiger charge is -2.38. The summed E-state index contributed by atoms with van der Waals surface area (Å²) in [7, 11) is 0. The number of rotatable bonds is 6. The molecule has 1 aliphatic rings. The van der Waals surface area contributed by atoms with Crippen molar-refractivity contribution in [1.82, 2.24) is 4.90 Å². The molecule has 2 amide bonds. The summed E-state index contributed by atoms with van der Waals surface area (Å²) in [6.45, 7) is 9.99. The number of aryl methyl sites for hydroxylation is 2. The number of amides is 2. The number of ether oxygens (including phenoxy) is 1. The van der Waals surface area contributed by atoms with Crippen LogP contribution in [0, 0.1) is 19.8 Å². The van der Waals surface area contributed by atoms with Crippen LogP contribution in [0.4, 0.5) is 11.4 Å². The standard InChI is InChI=1S/C24H29Cl2N3O3/c1-15(2)24(31)29-10-8-28(9-11-29)22-18(25)6-5-7-20(22)27-21(30)14-32-23-17(4)12-16(3)13-19(23)26/h5-7,12-13,15H,8-11,14H2,1-4H3,(H,27,30). The van der Waals surface area contributed by atoms with Gasteiger partial charge in [-0.3, -0.25) is 9.59 Å². The Bertz CT molecular complexity index is 979. The van der Waals surface area contributed by atoms with Crippen molar-refractivity contribution in [2.45, 2.75) is 27.7 Å². The van der Waals surface area contributed by atoms with Crippen LogP contribution < -0.4 is 15.0 Å². The molecule has 0 aliphatic carbocycles. The van der Waals surface area contributed by atoms with E-state index in [0.29, 0.717) is 47.7 Å². The summed E-state index contributed by atoms with van der Waals surface area (Å²) in [5.41, 5.74) is 3.27. The van der Waals surface area contributed by atoms with Gasteiger partial charge in [-0.25, -0.2) is 0 Å². The number of hydrogen-bond acceptors (Lipinski definition) is 4. The van der Waals surface area contributed by atoms with Crippen LogP contribution in [0.25, 0.3) is 0 Å². The minimum absolute atomic E-state index is 0.0256. The van der Waals surface area contributed by atoms with Gasteiger partial charge in [0.25, 0.3) is 5.91 Å². The van der Waals surface area contributed by atoms with Crippen LogP contribution in [0.2, 0.25) is 10.0 Å². The quantitative estimate of drug-likeness (QED) is 0.640. The fourth-order valence-corrected chi connectivity index (χ4v) is 4.53. The lowest BCUT2D eigenvalue weighted by Crippen LogP contribution is -2.50. The topological polar surface area (TPSA) is 61.9 Å². The average molecular weight is 478 g/mol. The summed E-state index contributed by atoms with van der Waals surface area (Å²) in [4.78, 5) is 28.9. The van der Waals surface area contributed by atoms with Crippen molar-refractivity contribution in [3.05, 3.63) is 51.5 Å². The number of benzene rings is 2. The van der Waals surface area contributed by atoms with Crippen LogP contribution in [0.1, 0.15) is 25.0 Å². The first-order valence-electron chi connectivity index (χ1n) is 10.7. The Kier molecular flexibility index (Phi) is 7.91. The molecular weight excluding hydrogens is 449 g/mol. The van der Waals surface area contributed by atoms with Gasteiger partial charge in [-0.05, 0) is 43.2 Å². The van der Waals surface area contributed by atoms with E-state index in [9.17, 15) is 9.59 Å². The molecule has 1 fully saturated rings. The number of piperazine rings is 1. The van der Waals surface area contributed by atoms with Crippen molar-refractivity contribution in [3.63, 3.8) is 0 Å². The first-order chi connectivity index (χ1) is 15.2. The second-order valence-corrected chi connectivity index (χ2v) is 9.15. The molecule has 172 valence electrons. The van der Waals surface area contributed by atoms with Gasteiger partial charge < -0.3 is 19.9 Å². The normalized spacial score (nSPS) is 14.0. The maximum atomic E-state index is 12.6. The van der Waals surface area contributed by atoms with Gasteiger partial charge in [0.05, 0.1) is 21.4 Å². The third-order valence-electron chi connectivity index (χ3n) is 5.38. The van der Waals surface area contributed by atoms with E-state index in [1.807, 2.05) is 44.7 Å². The maximum absolute atomic E-state index is 12.6. The molecule has 0 saturated carbocycles. The monoisotopic (exact) mass is 477 g/mol. The van der Waals surface area contributed by atoms with Gasteiger partial charge in [0.1, 0.15) is 5.75 Å². The van der Waals surface area contributed by atoms with E-state index in [4.69, 9.17) is 27.9 Å². The third kappa shape index (κ3) is 5.67. The Morgan fingerprint density at radius 1 is 1.06 bits per heavy atom. The van der Waals surface area contributed by atoms with Crippen molar-refractivity contribution in [2.75, 3.05) is 43.0 Å². The molecule has 1 saturated heterocycles. The average Bonchev–Trinajstić information content (AvgIpc) is 2.72. The smallest absolute Gasteiger partial charge is 0.262 e. The molecule has 1 heterocycles. The van der Waals surface area contributed by atoms with E-state index < -0.39 is 0 Å². The molecule has 0 spiro atoms. The number of carbonyl (C=O) groups excluding carboxylic acids is 2. The minimum Gasteiger partial charge on any atom is -0.482 e. The number of para-hydroxylation sites is 1. The van der Waals surface area contributed by atoms with Crippen LogP contribution >= 0.6 is 23.2 Å². The summed E-state index contributed by atoms with van der Waals surface area (Å²) < 4.78 is 5.70. The predicted octanol–water partition coefficient (Wildman–Crippen LogP) is 4.93. The molecule has 6 nitrogen and oxygen atoms in total. The van der Waals surface area contributed by atoms with E-state index in [0.717, 1.165) is 16.8 Å². The molecule has 1 N–H and O–H groups in total. The van der Waals surface area contributed by atoms with Gasteiger partial charge in [0.15, 0.2) is 6.61 Å². The van der Waals surface area contributed by atoms with Crippen LogP contribution in [0.15, 0.2) is 30.3 Å². The van der Waals surface area contributed by atoms with Crippen molar-refractivity contribution in [3.8, 4) is 5.75 Å². The molecule has 32 heavy (non-hydrogen) atoms. The van der Waals surface area contributed by atoms with Gasteiger partial charge in [0.2, 0.25) is 5.91 Å². The van der Waals surface area contributed by atoms with Crippen molar-refractivity contribution >= 4 is 46.4 Å². The molecule has 2 aromatic carbocycles. The number of anilines is 2. The number of hydrogen-bond donors (Lipinski definition) is 1. The Hall–Kier alpha value is -2.44. The van der Waals surface area contributed by atoms with E-state index in [-0.39, 0.29) is 24.3 Å². The highest BCUT2D eigenvalue weighted by Gasteiger charge is 2.25. The van der Waals surface area contributed by atoms with Crippen LogP contribution in [0.3, 0.4) is 0 Å². The molecule has 2 aromatic rings. The Balaban J connectivity index is 1.68. The largest absolute Gasteiger partial charge is 0.482 e. The van der Waals surface area contributed by atoms with Gasteiger partial charge in [0, 0.05) is 32.1 Å². The Morgan fingerprint density at radius 3 is 2.38 bits per heavy atom. The Labute approximate surface area is 199 Å². The second-order valence-electron chi connectivity index (χ2n) is 8.33. The Morgan fingerprint density at radius 2 is 1.75 bits per heavy atom. The molecule has 0 unspecified atom stereocenters. The summed E-state index contributed by atoms with van der Waals surface area (Å²) in [6, 6.07) is 9.17. The zero-order valence-corrected chi connectivity index (χ0v) is 20.4. The second kappa shape index (κ2) is 10.5. The highest BCUT2D eigenvalue weighted by Crippen LogP contribution is 2.35. The first kappa shape index (κ1) is 24.2. The summed E-state index contributed by atoms with van der Waals surface area (Å²) in [5.74, 6) is 0.324. The molecule has 0 atom stereocenters. The predicted molar refractivity (Wildman–Crippen MR) is 130 cm³/mol. The fourth-order valence-electron chi connectivity index (χ4n) is 3.86. The lowest BCUT2D eigenvalue weighted by atomic mass is 10.1. The summed E-state index contributed by atoms with van der Waals surface area (Å²) >= 11 is 12.8. The van der Waals surface area contributed by atoms with Crippen molar-refractivity contribution in [2.24, 2.45) is 5.92 Å². The zero-order valence-electron chi connectivity index (χ0n) is 18.9. The summed E-state index contributed by atoms with van der Waals surface area (Å²) in [6.07, 6.45) is 0. The number of halogens is 2. The maximum Gasteiger partial charge on any atom is 0.262 e. The minimum atomic E-state index is -0.307. The van der Waals surface area contributed by atoms with Crippen molar-refractivity contribution < 1.29 is 14.3 Å². The van der Waals surface area contributed by atoms with Crippen LogP contribution in [-0.2, 0) is 9.59 Å². The zero-order chi connectivity index (χ0) is 23.4. The van der Waals surface area contributed by atoms with E-state index in [1.54, 1.807) is 18.2 Å². The van der Waals surface area contributed by atoms with E-state index >= 15 is 0 Å². The number of carbonyl (C=O) groups is 2. The van der Waals surface area contributed by atoms with Crippen molar-refractivity contribution in [1.29, 1.82) is 0 Å². The van der Waals surface area contributed by atoms with Gasteiger partial charge in [-0.15, -0.1) is 0 Å². The first-order valence-corrected chi connectivity index (χ1v) is 11.4. The highest BCUT2D eigenvalue weighted by molar-refractivity contribution is 6.34. The SMILES string of the molecule is Cc1cc(C)c(OCC(=O)Nc2cccc(Cl)c2N2CCN(C(=O)C(C)C)CC2)c(Cl)c1. The molecule has 8 heteroatoms. The molecule has 3 rings (SSSR count). The molecule has 0 radical (unpaired) electrons. The van der Waals surface area contributed by atoms with Crippen LogP contribution in [0.5, 0.6) is 5.75 Å². The molecule has 1 aliphatic heterocycles. The van der Waals surface area contributed by atoms with E-state index in [2.05, 4.69) is 10.2 Å².